The van der Waals surface area contributed by atoms with E-state index in [0.717, 1.165) is 16.5 Å². The average molecular weight is 383 g/mol. The molecule has 0 spiro atoms. The van der Waals surface area contributed by atoms with Crippen LogP contribution >= 0.6 is 27.5 Å². The number of aliphatic imine (C=N–C) groups is 1. The highest BCUT2D eigenvalue weighted by Crippen LogP contribution is 2.33. The van der Waals surface area contributed by atoms with Crippen LogP contribution in [0.2, 0.25) is 5.02 Å². The first kappa shape index (κ1) is 16.8. The number of hydrogen-bond acceptors (Lipinski definition) is 3. The molecule has 0 bridgehead atoms. The van der Waals surface area contributed by atoms with Crippen molar-refractivity contribution in [2.45, 2.75) is 26.2 Å². The molecule has 0 aromatic heterocycles. The summed E-state index contributed by atoms with van der Waals surface area (Å²) in [5.41, 5.74) is 2.06. The fourth-order valence-electron chi connectivity index (χ4n) is 2.01. The molecule has 0 saturated heterocycles. The fourth-order valence-corrected chi connectivity index (χ4v) is 2.84. The van der Waals surface area contributed by atoms with Gasteiger partial charge in [-0.05, 0) is 42.2 Å². The predicted molar refractivity (Wildman–Crippen MR) is 94.9 cm³/mol. The number of nitrogens with zero attached hydrogens (tertiary/aromatic N) is 1. The summed E-state index contributed by atoms with van der Waals surface area (Å²) < 4.78 is 0.745. The van der Waals surface area contributed by atoms with Gasteiger partial charge < -0.3 is 10.2 Å². The van der Waals surface area contributed by atoms with E-state index in [9.17, 15) is 10.2 Å². The van der Waals surface area contributed by atoms with E-state index in [1.165, 1.54) is 6.21 Å². The van der Waals surface area contributed by atoms with Gasteiger partial charge in [-0.25, -0.2) is 0 Å². The second-order valence-electron chi connectivity index (χ2n) is 5.14. The van der Waals surface area contributed by atoms with Crippen molar-refractivity contribution in [2.75, 3.05) is 0 Å². The third kappa shape index (κ3) is 3.81. The number of aromatic hydroxyl groups is 2. The zero-order chi connectivity index (χ0) is 16.3. The van der Waals surface area contributed by atoms with Gasteiger partial charge in [0.25, 0.3) is 0 Å². The topological polar surface area (TPSA) is 52.8 Å². The van der Waals surface area contributed by atoms with Crippen molar-refractivity contribution in [3.05, 3.63) is 51.0 Å². The van der Waals surface area contributed by atoms with Crippen molar-refractivity contribution in [2.24, 2.45) is 4.99 Å². The molecule has 0 unspecified atom stereocenters. The average Bonchev–Trinajstić information content (AvgIpc) is 2.50. The summed E-state index contributed by atoms with van der Waals surface area (Å²) in [5, 5.41) is 20.1. The van der Waals surface area contributed by atoms with Crippen LogP contribution in [0.5, 0.6) is 11.5 Å². The van der Waals surface area contributed by atoms with Crippen LogP contribution in [0, 0.1) is 0 Å². The largest absolute Gasteiger partial charge is 0.506 e. The number of phenols is 2. The van der Waals surface area contributed by atoms with Crippen LogP contribution in [0.15, 0.2) is 39.8 Å². The van der Waals surface area contributed by atoms with E-state index in [2.05, 4.69) is 34.8 Å². The molecule has 0 aliphatic rings. The van der Waals surface area contributed by atoms with Gasteiger partial charge in [-0.15, -0.1) is 0 Å². The maximum atomic E-state index is 9.94. The molecule has 22 heavy (non-hydrogen) atoms. The molecule has 2 rings (SSSR count). The van der Waals surface area contributed by atoms with Crippen molar-refractivity contribution in [1.82, 2.24) is 0 Å². The molecule has 1 atom stereocenters. The summed E-state index contributed by atoms with van der Waals surface area (Å²) in [4.78, 5) is 4.28. The van der Waals surface area contributed by atoms with Crippen LogP contribution in [0.3, 0.4) is 0 Å². The SMILES string of the molecule is CC[C@@H](C)c1ccc(O)c(N=Cc2cc(Br)cc(Cl)c2O)c1. The number of phenolic OH excluding ortho intramolecular Hbond substituents is 2. The lowest BCUT2D eigenvalue weighted by atomic mass is 9.98. The van der Waals surface area contributed by atoms with E-state index in [4.69, 9.17) is 11.6 Å². The Labute approximate surface area is 143 Å². The Hall–Kier alpha value is -1.52. The molecule has 0 amide bonds. The monoisotopic (exact) mass is 381 g/mol. The van der Waals surface area contributed by atoms with Gasteiger partial charge in [0.2, 0.25) is 0 Å². The van der Waals surface area contributed by atoms with E-state index in [0.29, 0.717) is 17.2 Å². The minimum Gasteiger partial charge on any atom is -0.506 e. The summed E-state index contributed by atoms with van der Waals surface area (Å²) in [5.74, 6) is 0.457. The highest BCUT2D eigenvalue weighted by atomic mass is 79.9. The first-order chi connectivity index (χ1) is 10.4. The first-order valence-electron chi connectivity index (χ1n) is 6.97. The van der Waals surface area contributed by atoms with Gasteiger partial charge in [0.1, 0.15) is 17.2 Å². The van der Waals surface area contributed by atoms with Crippen LogP contribution in [-0.2, 0) is 0 Å². The molecule has 0 aliphatic carbocycles. The third-order valence-electron chi connectivity index (χ3n) is 3.58. The highest BCUT2D eigenvalue weighted by molar-refractivity contribution is 9.10. The molecule has 116 valence electrons. The van der Waals surface area contributed by atoms with Crippen LogP contribution in [0.4, 0.5) is 5.69 Å². The van der Waals surface area contributed by atoms with Crippen molar-refractivity contribution in [3.63, 3.8) is 0 Å². The standard InChI is InChI=1S/C17H17BrClNO2/c1-3-10(2)11-4-5-16(21)15(7-11)20-9-12-6-13(18)8-14(19)17(12)22/h4-10,21-22H,3H2,1-2H3/t10-/m1/s1. The quantitative estimate of drug-likeness (QED) is 0.659. The van der Waals surface area contributed by atoms with Crippen LogP contribution in [-0.4, -0.2) is 16.4 Å². The minimum atomic E-state index is -0.0359. The lowest BCUT2D eigenvalue weighted by Crippen LogP contribution is -1.90. The number of hydrogen-bond donors (Lipinski definition) is 2. The van der Waals surface area contributed by atoms with E-state index in [1.807, 2.05) is 12.1 Å². The van der Waals surface area contributed by atoms with Gasteiger partial charge in [-0.3, -0.25) is 4.99 Å². The van der Waals surface area contributed by atoms with Crippen molar-refractivity contribution in [1.29, 1.82) is 0 Å². The lowest BCUT2D eigenvalue weighted by Gasteiger charge is -2.10. The zero-order valence-corrected chi connectivity index (χ0v) is 14.7. The normalized spacial score (nSPS) is 12.7. The Kier molecular flexibility index (Phi) is 5.48. The maximum Gasteiger partial charge on any atom is 0.143 e. The Bertz CT molecular complexity index is 716. The van der Waals surface area contributed by atoms with Gasteiger partial charge >= 0.3 is 0 Å². The van der Waals surface area contributed by atoms with Gasteiger partial charge in [-0.1, -0.05) is 47.4 Å². The summed E-state index contributed by atoms with van der Waals surface area (Å²) in [6.45, 7) is 4.24. The third-order valence-corrected chi connectivity index (χ3v) is 4.33. The molecule has 0 saturated carbocycles. The molecular formula is C17H17BrClNO2. The molecule has 0 fully saturated rings. The molecule has 5 heteroatoms. The summed E-state index contributed by atoms with van der Waals surface area (Å²) >= 11 is 9.25. The zero-order valence-electron chi connectivity index (χ0n) is 12.3. The number of benzene rings is 2. The van der Waals surface area contributed by atoms with E-state index in [1.54, 1.807) is 18.2 Å². The van der Waals surface area contributed by atoms with Crippen molar-refractivity contribution >= 4 is 39.4 Å². The van der Waals surface area contributed by atoms with Crippen molar-refractivity contribution in [3.8, 4) is 11.5 Å². The molecule has 3 nitrogen and oxygen atoms in total. The maximum absolute atomic E-state index is 9.94. The molecule has 0 radical (unpaired) electrons. The molecular weight excluding hydrogens is 366 g/mol. The van der Waals surface area contributed by atoms with Gasteiger partial charge in [-0.2, -0.15) is 0 Å². The van der Waals surface area contributed by atoms with Gasteiger partial charge in [0.15, 0.2) is 0 Å². The Balaban J connectivity index is 2.38. The molecule has 2 N–H and O–H groups in total. The number of rotatable bonds is 4. The summed E-state index contributed by atoms with van der Waals surface area (Å²) in [6.07, 6.45) is 2.50. The van der Waals surface area contributed by atoms with Crippen LogP contribution < -0.4 is 0 Å². The Morgan fingerprint density at radius 1 is 1.27 bits per heavy atom. The summed E-state index contributed by atoms with van der Waals surface area (Å²) in [6, 6.07) is 8.71. The predicted octanol–water partition coefficient (Wildman–Crippen LogP) is 5.78. The van der Waals surface area contributed by atoms with E-state index >= 15 is 0 Å². The Morgan fingerprint density at radius 2 is 2.00 bits per heavy atom. The lowest BCUT2D eigenvalue weighted by molar-refractivity contribution is 0.474. The molecule has 0 heterocycles. The van der Waals surface area contributed by atoms with Crippen LogP contribution in [0.25, 0.3) is 0 Å². The highest BCUT2D eigenvalue weighted by Gasteiger charge is 2.08. The number of halogens is 2. The van der Waals surface area contributed by atoms with Crippen molar-refractivity contribution < 1.29 is 10.2 Å². The second-order valence-corrected chi connectivity index (χ2v) is 6.46. The first-order valence-corrected chi connectivity index (χ1v) is 8.14. The Morgan fingerprint density at radius 3 is 2.68 bits per heavy atom. The van der Waals surface area contributed by atoms with E-state index in [-0.39, 0.29) is 16.5 Å². The second kappa shape index (κ2) is 7.16. The van der Waals surface area contributed by atoms with Gasteiger partial charge in [0, 0.05) is 16.3 Å². The van der Waals surface area contributed by atoms with Gasteiger partial charge in [0.05, 0.1) is 5.02 Å². The van der Waals surface area contributed by atoms with Crippen LogP contribution in [0.1, 0.15) is 37.3 Å². The van der Waals surface area contributed by atoms with E-state index < -0.39 is 0 Å². The molecule has 0 aliphatic heterocycles. The smallest absolute Gasteiger partial charge is 0.143 e. The summed E-state index contributed by atoms with van der Waals surface area (Å²) in [7, 11) is 0. The molecule has 2 aromatic rings. The minimum absolute atomic E-state index is 0.0359. The molecule has 2 aromatic carbocycles. The fraction of sp³-hybridized carbons (Fsp3) is 0.235.